The molecule has 1 fully saturated rings. The summed E-state index contributed by atoms with van der Waals surface area (Å²) in [6, 6.07) is 14.5. The minimum Gasteiger partial charge on any atom is -0.508 e. The number of hydrogen-bond acceptors (Lipinski definition) is 3. The first-order valence-electron chi connectivity index (χ1n) is 17.3. The third-order valence-electron chi connectivity index (χ3n) is 11.4. The van der Waals surface area contributed by atoms with E-state index in [0.29, 0.717) is 30.4 Å². The number of benzene rings is 2. The smallest absolute Gasteiger partial charge is 0.307 e. The van der Waals surface area contributed by atoms with E-state index in [4.69, 9.17) is 0 Å². The quantitative estimate of drug-likeness (QED) is 0.200. The minimum atomic E-state index is -0.760. The van der Waals surface area contributed by atoms with Crippen molar-refractivity contribution in [1.29, 1.82) is 0 Å². The molecule has 4 aliphatic rings. The maximum absolute atomic E-state index is 13.0. The van der Waals surface area contributed by atoms with Crippen molar-refractivity contribution >= 4 is 12.0 Å². The Bertz CT molecular complexity index is 1370. The van der Waals surface area contributed by atoms with Gasteiger partial charge in [0.05, 0.1) is 12.0 Å². The topological polar surface area (TPSA) is 77.8 Å². The molecule has 7 unspecified atom stereocenters. The Hall–Kier alpha value is -3.11. The van der Waals surface area contributed by atoms with Crippen molar-refractivity contribution in [3.8, 4) is 5.75 Å². The summed E-state index contributed by atoms with van der Waals surface area (Å²) in [5.41, 5.74) is 4.08. The van der Waals surface area contributed by atoms with Crippen LogP contribution in [0.2, 0.25) is 0 Å². The van der Waals surface area contributed by atoms with Crippen LogP contribution in [-0.2, 0) is 16.6 Å². The fourth-order valence-electron chi connectivity index (χ4n) is 9.09. The van der Waals surface area contributed by atoms with Crippen LogP contribution in [0.1, 0.15) is 112 Å². The van der Waals surface area contributed by atoms with Gasteiger partial charge in [-0.2, -0.15) is 0 Å². The average molecular weight is 595 g/mol. The van der Waals surface area contributed by atoms with Crippen molar-refractivity contribution in [2.45, 2.75) is 107 Å². The largest absolute Gasteiger partial charge is 0.508 e. The Morgan fingerprint density at radius 2 is 1.66 bits per heavy atom. The predicted octanol–water partition coefficient (Wildman–Crippen LogP) is 9.12. The van der Waals surface area contributed by atoms with Gasteiger partial charge < -0.3 is 15.3 Å². The number of allylic oxidation sites excluding steroid dienone is 5. The second-order valence-electron chi connectivity index (χ2n) is 14.1. The summed E-state index contributed by atoms with van der Waals surface area (Å²) in [6.45, 7) is 0. The van der Waals surface area contributed by atoms with Crippen LogP contribution in [0.5, 0.6) is 5.75 Å². The third kappa shape index (κ3) is 6.61. The number of rotatable bonds is 9. The Labute approximate surface area is 263 Å². The van der Waals surface area contributed by atoms with Gasteiger partial charge in [0.15, 0.2) is 0 Å². The molecule has 4 aliphatic carbocycles. The molecule has 2 aromatic rings. The number of fused-ring (bicyclic) bond motifs is 1. The van der Waals surface area contributed by atoms with Crippen molar-refractivity contribution in [3.63, 3.8) is 0 Å². The van der Waals surface area contributed by atoms with Crippen molar-refractivity contribution in [3.05, 3.63) is 95.1 Å². The van der Waals surface area contributed by atoms with Crippen molar-refractivity contribution in [1.82, 2.24) is 0 Å². The standard InChI is InChI=1S/C40H50O4/c41-34-22-18-31(19-23-34)36-25-29-15-16-32-17-20-33-21-24-35(42)27-40(33,38(32)26-29)37(39(43)44)14-8-7-13-30(36)12-4-2-1-3-9-28-10-5-6-11-28/h5,7-8,10,15-20,22-23,26,28,30,33,35-37,41-42H,1-4,6,9,11-14,21,24-25,27H2,(H,43,44). The second-order valence-corrected chi connectivity index (χ2v) is 14.1. The maximum atomic E-state index is 13.0. The van der Waals surface area contributed by atoms with Gasteiger partial charge in [-0.1, -0.05) is 92.5 Å². The number of aromatic hydroxyl groups is 1. The van der Waals surface area contributed by atoms with Gasteiger partial charge in [0.1, 0.15) is 5.75 Å². The number of unbranched alkanes of at least 4 members (excludes halogenated alkanes) is 3. The first-order chi connectivity index (χ1) is 21.4. The first kappa shape index (κ1) is 30.9. The van der Waals surface area contributed by atoms with Gasteiger partial charge in [0.2, 0.25) is 0 Å². The molecule has 44 heavy (non-hydrogen) atoms. The monoisotopic (exact) mass is 594 g/mol. The molecule has 1 spiro atoms. The molecule has 0 aromatic heterocycles. The number of carbonyl (C=O) groups is 1. The van der Waals surface area contributed by atoms with Gasteiger partial charge in [-0.05, 0) is 122 Å². The van der Waals surface area contributed by atoms with E-state index in [1.54, 1.807) is 0 Å². The van der Waals surface area contributed by atoms with E-state index >= 15 is 0 Å². The maximum Gasteiger partial charge on any atom is 0.307 e. The van der Waals surface area contributed by atoms with Crippen LogP contribution in [0.4, 0.5) is 0 Å². The zero-order chi connectivity index (χ0) is 30.5. The van der Waals surface area contributed by atoms with Gasteiger partial charge in [-0.3, -0.25) is 4.79 Å². The molecule has 1 saturated carbocycles. The van der Waals surface area contributed by atoms with Crippen molar-refractivity contribution in [2.24, 2.45) is 23.7 Å². The molecule has 2 bridgehead atoms. The van der Waals surface area contributed by atoms with Crippen LogP contribution < -0.4 is 0 Å². The zero-order valence-electron chi connectivity index (χ0n) is 26.1. The summed E-state index contributed by atoms with van der Waals surface area (Å²) in [7, 11) is 0. The molecule has 0 amide bonds. The lowest BCUT2D eigenvalue weighted by molar-refractivity contribution is -0.146. The van der Waals surface area contributed by atoms with Crippen LogP contribution in [0.15, 0.2) is 72.8 Å². The number of aliphatic hydroxyl groups is 1. The van der Waals surface area contributed by atoms with E-state index in [9.17, 15) is 20.1 Å². The predicted molar refractivity (Wildman–Crippen MR) is 178 cm³/mol. The van der Waals surface area contributed by atoms with E-state index in [-0.39, 0.29) is 5.92 Å². The molecule has 4 nitrogen and oxygen atoms in total. The van der Waals surface area contributed by atoms with E-state index in [1.807, 2.05) is 12.1 Å². The van der Waals surface area contributed by atoms with Crippen LogP contribution in [0.25, 0.3) is 6.08 Å². The Balaban J connectivity index is 1.30. The SMILES string of the molecule is O=C(O)C1CC=CCC(CCCCCCC2C=CCC2)C(c2ccc(O)cc2)Cc2ccc3c(c2)C12CC(O)CCC2C=C3. The van der Waals surface area contributed by atoms with E-state index in [2.05, 4.69) is 66.8 Å². The lowest BCUT2D eigenvalue weighted by Gasteiger charge is -2.51. The summed E-state index contributed by atoms with van der Waals surface area (Å²) in [4.78, 5) is 13.0. The summed E-state index contributed by atoms with van der Waals surface area (Å²) in [5.74, 6) is 0.557. The summed E-state index contributed by atoms with van der Waals surface area (Å²) >= 11 is 0. The minimum absolute atomic E-state index is 0.108. The molecule has 2 aromatic carbocycles. The van der Waals surface area contributed by atoms with Crippen molar-refractivity contribution in [2.75, 3.05) is 0 Å². The van der Waals surface area contributed by atoms with E-state index in [0.717, 1.165) is 49.1 Å². The van der Waals surface area contributed by atoms with Gasteiger partial charge in [0, 0.05) is 5.41 Å². The molecule has 4 heteroatoms. The third-order valence-corrected chi connectivity index (χ3v) is 11.4. The average Bonchev–Trinajstić information content (AvgIpc) is 3.54. The van der Waals surface area contributed by atoms with Crippen LogP contribution in [0.3, 0.4) is 0 Å². The number of carboxylic acid groups (broad SMARTS) is 1. The van der Waals surface area contributed by atoms with Gasteiger partial charge in [-0.15, -0.1) is 0 Å². The molecule has 0 saturated heterocycles. The number of carboxylic acids is 1. The first-order valence-corrected chi connectivity index (χ1v) is 17.3. The highest BCUT2D eigenvalue weighted by Crippen LogP contribution is 2.55. The number of phenolic OH excluding ortho intramolecular Hbond substituents is 1. The van der Waals surface area contributed by atoms with Crippen LogP contribution in [0, 0.1) is 23.7 Å². The van der Waals surface area contributed by atoms with Gasteiger partial charge in [0.25, 0.3) is 0 Å². The number of hydrogen-bond donors (Lipinski definition) is 3. The summed E-state index contributed by atoms with van der Waals surface area (Å²) < 4.78 is 0. The second kappa shape index (κ2) is 13.9. The van der Waals surface area contributed by atoms with Gasteiger partial charge >= 0.3 is 5.97 Å². The zero-order valence-corrected chi connectivity index (χ0v) is 26.1. The summed E-state index contributed by atoms with van der Waals surface area (Å²) in [6.07, 6.45) is 27.4. The fourth-order valence-corrected chi connectivity index (χ4v) is 9.09. The van der Waals surface area contributed by atoms with Crippen LogP contribution >= 0.6 is 0 Å². The fraction of sp³-hybridized carbons (Fsp3) is 0.525. The Morgan fingerprint density at radius 3 is 2.43 bits per heavy atom. The highest BCUT2D eigenvalue weighted by Gasteiger charge is 2.53. The lowest BCUT2D eigenvalue weighted by Crippen LogP contribution is -2.51. The highest BCUT2D eigenvalue weighted by atomic mass is 16.4. The molecular formula is C40H50O4. The van der Waals surface area contributed by atoms with E-state index in [1.165, 1.54) is 56.1 Å². The lowest BCUT2D eigenvalue weighted by atomic mass is 9.52. The number of aliphatic carboxylic acids is 1. The van der Waals surface area contributed by atoms with Crippen LogP contribution in [-0.4, -0.2) is 27.4 Å². The van der Waals surface area contributed by atoms with Crippen molar-refractivity contribution < 1.29 is 20.1 Å². The molecule has 0 heterocycles. The highest BCUT2D eigenvalue weighted by molar-refractivity contribution is 5.75. The molecule has 0 aliphatic heterocycles. The molecule has 7 atom stereocenters. The molecule has 234 valence electrons. The Kier molecular flexibility index (Phi) is 9.76. The number of phenols is 1. The van der Waals surface area contributed by atoms with E-state index < -0.39 is 23.4 Å². The molecule has 0 radical (unpaired) electrons. The summed E-state index contributed by atoms with van der Waals surface area (Å²) in [5, 5.41) is 31.7. The molecule has 3 N–H and O–H groups in total. The number of aliphatic hydroxyl groups excluding tert-OH is 1. The normalized spacial score (nSPS) is 31.2. The Morgan fingerprint density at radius 1 is 0.864 bits per heavy atom. The molecular weight excluding hydrogens is 544 g/mol. The molecule has 6 rings (SSSR count). The van der Waals surface area contributed by atoms with Gasteiger partial charge in [-0.25, -0.2) is 0 Å².